The van der Waals surface area contributed by atoms with Crippen LogP contribution in [0.25, 0.3) is 10.4 Å². The van der Waals surface area contributed by atoms with Crippen molar-refractivity contribution in [2.75, 3.05) is 34.0 Å². The lowest BCUT2D eigenvalue weighted by Gasteiger charge is -2.31. The Kier molecular flexibility index (Phi) is 11.6. The van der Waals surface area contributed by atoms with E-state index in [2.05, 4.69) is 31.3 Å². The quantitative estimate of drug-likeness (QED) is 0.0585. The Morgan fingerprint density at radius 2 is 1.77 bits per heavy atom. The van der Waals surface area contributed by atoms with Gasteiger partial charge in [-0.15, -0.1) is 0 Å². The fourth-order valence-electron chi connectivity index (χ4n) is 5.58. The van der Waals surface area contributed by atoms with Crippen LogP contribution in [-0.4, -0.2) is 56.4 Å². The molecule has 1 aliphatic rings. The molecule has 1 amide bonds. The number of aliphatic hydroxyl groups is 1. The van der Waals surface area contributed by atoms with E-state index in [0.29, 0.717) is 53.5 Å². The third kappa shape index (κ3) is 7.74. The summed E-state index contributed by atoms with van der Waals surface area (Å²) in [6.45, 7) is 0.689. The van der Waals surface area contributed by atoms with Gasteiger partial charge >= 0.3 is 0 Å². The Labute approximate surface area is 287 Å². The number of carbonyl (C=O) groups is 1. The average molecular weight is 715 g/mol. The largest absolute Gasteiger partial charge is 0.497 e. The van der Waals surface area contributed by atoms with E-state index in [1.807, 2.05) is 60.7 Å². The molecule has 1 aliphatic heterocycles. The standard InChI is InChI=1S/C36H36BrN5O6/c1-45-28-16-17-32(46-2)25(22-28)18-19-39-35(44)36(23-26-8-3-5-10-30(26)37)33(29-9-4-6-11-31(29)41-42-38)48-34(40-36)24-12-14-27(15-13-24)47-21-7-20-43/h3-6,8-17,22,33,43H,7,18-21,23H2,1-2H3,(H,39,44)/t33-,36-/m1/s1. The molecule has 0 aromatic heterocycles. The van der Waals surface area contributed by atoms with Crippen molar-refractivity contribution in [3.8, 4) is 17.2 Å². The molecule has 0 bridgehead atoms. The molecule has 4 aromatic carbocycles. The summed E-state index contributed by atoms with van der Waals surface area (Å²) in [7, 11) is 3.20. The van der Waals surface area contributed by atoms with Crippen molar-refractivity contribution in [2.45, 2.75) is 30.9 Å². The number of aliphatic hydroxyl groups excluding tert-OH is 1. The van der Waals surface area contributed by atoms with Gasteiger partial charge in [-0.25, -0.2) is 4.99 Å². The highest BCUT2D eigenvalue weighted by molar-refractivity contribution is 9.10. The van der Waals surface area contributed by atoms with E-state index >= 15 is 0 Å². The Balaban J connectivity index is 1.57. The second kappa shape index (κ2) is 16.2. The van der Waals surface area contributed by atoms with Crippen LogP contribution >= 0.6 is 15.9 Å². The minimum atomic E-state index is -1.50. The van der Waals surface area contributed by atoms with Crippen LogP contribution in [0.4, 0.5) is 5.69 Å². The number of nitrogens with one attached hydrogen (secondary N) is 1. The van der Waals surface area contributed by atoms with Gasteiger partial charge in [0.15, 0.2) is 11.6 Å². The smallest absolute Gasteiger partial charge is 0.252 e. The molecular formula is C36H36BrN5O6. The number of hydrogen-bond donors (Lipinski definition) is 2. The zero-order valence-electron chi connectivity index (χ0n) is 26.6. The summed E-state index contributed by atoms with van der Waals surface area (Å²) < 4.78 is 24.1. The van der Waals surface area contributed by atoms with Crippen molar-refractivity contribution >= 4 is 33.4 Å². The van der Waals surface area contributed by atoms with Gasteiger partial charge in [-0.1, -0.05) is 63.5 Å². The van der Waals surface area contributed by atoms with E-state index in [4.69, 9.17) is 29.0 Å². The number of carbonyl (C=O) groups excluding carboxylic acids is 1. The molecule has 0 fully saturated rings. The summed E-state index contributed by atoms with van der Waals surface area (Å²) in [5, 5.41) is 16.1. The van der Waals surface area contributed by atoms with Gasteiger partial charge in [0.25, 0.3) is 5.91 Å². The van der Waals surface area contributed by atoms with Crippen molar-refractivity contribution in [3.05, 3.63) is 128 Å². The minimum absolute atomic E-state index is 0.0379. The molecule has 12 heteroatoms. The van der Waals surface area contributed by atoms with Gasteiger partial charge in [-0.2, -0.15) is 0 Å². The molecule has 0 saturated heterocycles. The van der Waals surface area contributed by atoms with Gasteiger partial charge in [-0.3, -0.25) is 4.79 Å². The Morgan fingerprint density at radius 1 is 1.02 bits per heavy atom. The molecule has 48 heavy (non-hydrogen) atoms. The molecule has 2 N–H and O–H groups in total. The fraction of sp³-hybridized carbons (Fsp3) is 0.278. The number of amides is 1. The maximum absolute atomic E-state index is 14.7. The molecule has 248 valence electrons. The number of nitrogens with zero attached hydrogens (tertiary/aromatic N) is 4. The molecule has 5 rings (SSSR count). The zero-order chi connectivity index (χ0) is 33.9. The van der Waals surface area contributed by atoms with Gasteiger partial charge < -0.3 is 29.4 Å². The number of hydrogen-bond acceptors (Lipinski definition) is 8. The normalized spacial score (nSPS) is 16.7. The van der Waals surface area contributed by atoms with Crippen molar-refractivity contribution < 1.29 is 28.8 Å². The maximum atomic E-state index is 14.7. The number of ether oxygens (including phenoxy) is 4. The van der Waals surface area contributed by atoms with Crippen LogP contribution in [0.2, 0.25) is 0 Å². The lowest BCUT2D eigenvalue weighted by molar-refractivity contribution is -0.128. The first-order valence-electron chi connectivity index (χ1n) is 15.4. The molecular weight excluding hydrogens is 678 g/mol. The SMILES string of the molecule is COc1ccc(OC)c(CCNC(=O)[C@]2(Cc3ccccc3Br)N=C(c3ccc(OCCCO)cc3)O[C@@H]2c2ccccc2N=[N+]=[N-])c1. The van der Waals surface area contributed by atoms with Gasteiger partial charge in [0, 0.05) is 52.2 Å². The molecule has 11 nitrogen and oxygen atoms in total. The van der Waals surface area contributed by atoms with Crippen LogP contribution in [0.15, 0.2) is 106 Å². The predicted octanol–water partition coefficient (Wildman–Crippen LogP) is 7.03. The fourth-order valence-corrected chi connectivity index (χ4v) is 6.01. The third-order valence-electron chi connectivity index (χ3n) is 7.99. The average Bonchev–Trinajstić information content (AvgIpc) is 3.50. The van der Waals surface area contributed by atoms with Crippen LogP contribution in [-0.2, 0) is 22.4 Å². The van der Waals surface area contributed by atoms with Crippen molar-refractivity contribution in [1.29, 1.82) is 0 Å². The Bertz CT molecular complexity index is 1810. The topological polar surface area (TPSA) is 147 Å². The van der Waals surface area contributed by atoms with Crippen LogP contribution in [0.5, 0.6) is 17.2 Å². The highest BCUT2D eigenvalue weighted by Gasteiger charge is 2.54. The van der Waals surface area contributed by atoms with E-state index in [1.54, 1.807) is 44.6 Å². The number of halogens is 1. The Morgan fingerprint density at radius 3 is 2.50 bits per heavy atom. The summed E-state index contributed by atoms with van der Waals surface area (Å²) in [5.74, 6) is 1.89. The molecule has 0 spiro atoms. The number of rotatable bonds is 15. The van der Waals surface area contributed by atoms with Crippen LogP contribution in [0.3, 0.4) is 0 Å². The first-order chi connectivity index (χ1) is 23.4. The maximum Gasteiger partial charge on any atom is 0.252 e. The summed E-state index contributed by atoms with van der Waals surface area (Å²) in [6.07, 6.45) is 0.199. The van der Waals surface area contributed by atoms with E-state index in [9.17, 15) is 10.3 Å². The first-order valence-corrected chi connectivity index (χ1v) is 16.2. The number of aliphatic imine (C=N–C) groups is 1. The second-order valence-electron chi connectivity index (χ2n) is 11.0. The summed E-state index contributed by atoms with van der Waals surface area (Å²) in [4.78, 5) is 22.8. The minimum Gasteiger partial charge on any atom is -0.497 e. The number of benzene rings is 4. The van der Waals surface area contributed by atoms with Crippen molar-refractivity contribution in [1.82, 2.24) is 5.32 Å². The van der Waals surface area contributed by atoms with E-state index in [0.717, 1.165) is 15.6 Å². The summed E-state index contributed by atoms with van der Waals surface area (Å²) in [5.41, 5.74) is 11.1. The van der Waals surface area contributed by atoms with Gasteiger partial charge in [0.1, 0.15) is 17.2 Å². The van der Waals surface area contributed by atoms with Crippen LogP contribution in [0, 0.1) is 0 Å². The molecule has 0 radical (unpaired) electrons. The number of methoxy groups -OCH3 is 2. The first kappa shape index (κ1) is 34.3. The van der Waals surface area contributed by atoms with E-state index < -0.39 is 11.6 Å². The Hall–Kier alpha value is -5.03. The van der Waals surface area contributed by atoms with Crippen molar-refractivity contribution in [2.24, 2.45) is 10.1 Å². The monoisotopic (exact) mass is 713 g/mol. The molecule has 4 aromatic rings. The van der Waals surface area contributed by atoms with Gasteiger partial charge in [0.05, 0.1) is 20.8 Å². The van der Waals surface area contributed by atoms with Gasteiger partial charge in [0.2, 0.25) is 5.90 Å². The van der Waals surface area contributed by atoms with Crippen LogP contribution in [0.1, 0.15) is 34.8 Å². The van der Waals surface area contributed by atoms with Gasteiger partial charge in [-0.05, 0) is 71.6 Å². The second-order valence-corrected chi connectivity index (χ2v) is 11.8. The summed E-state index contributed by atoms with van der Waals surface area (Å²) >= 11 is 3.66. The number of azide groups is 1. The van der Waals surface area contributed by atoms with E-state index in [-0.39, 0.29) is 31.4 Å². The molecule has 0 unspecified atom stereocenters. The highest BCUT2D eigenvalue weighted by Crippen LogP contribution is 2.46. The van der Waals surface area contributed by atoms with Crippen LogP contribution < -0.4 is 19.5 Å². The lowest BCUT2D eigenvalue weighted by Crippen LogP contribution is -2.50. The molecule has 1 heterocycles. The molecule has 2 atom stereocenters. The zero-order valence-corrected chi connectivity index (χ0v) is 28.2. The van der Waals surface area contributed by atoms with Crippen molar-refractivity contribution in [3.63, 3.8) is 0 Å². The molecule has 0 saturated carbocycles. The van der Waals surface area contributed by atoms with E-state index in [1.165, 1.54) is 0 Å². The third-order valence-corrected chi connectivity index (χ3v) is 8.76. The highest BCUT2D eigenvalue weighted by atomic mass is 79.9. The lowest BCUT2D eigenvalue weighted by atomic mass is 9.81. The summed E-state index contributed by atoms with van der Waals surface area (Å²) in [6, 6.07) is 27.4. The predicted molar refractivity (Wildman–Crippen MR) is 186 cm³/mol. The molecule has 0 aliphatic carbocycles.